The molecule has 2 atom stereocenters. The number of alkyl halides is 3. The van der Waals surface area contributed by atoms with E-state index in [0.29, 0.717) is 31.2 Å². The summed E-state index contributed by atoms with van der Waals surface area (Å²) in [5, 5.41) is 16.1. The summed E-state index contributed by atoms with van der Waals surface area (Å²) in [4.78, 5) is 4.39. The molecule has 0 aromatic heterocycles. The molecule has 0 spiro atoms. The lowest BCUT2D eigenvalue weighted by molar-refractivity contribution is -0.137. The molecule has 1 aromatic rings. The van der Waals surface area contributed by atoms with E-state index in [2.05, 4.69) is 15.6 Å². The van der Waals surface area contributed by atoms with E-state index in [1.165, 1.54) is 12.1 Å². The van der Waals surface area contributed by atoms with Crippen LogP contribution in [0.5, 0.6) is 0 Å². The normalized spacial score (nSPS) is 20.9. The van der Waals surface area contributed by atoms with Crippen molar-refractivity contribution in [3.8, 4) is 0 Å². The largest absolute Gasteiger partial charge is 0.416 e. The molecule has 1 saturated carbocycles. The van der Waals surface area contributed by atoms with Crippen LogP contribution in [0.4, 0.5) is 13.2 Å². The second-order valence-electron chi connectivity index (χ2n) is 6.03. The lowest BCUT2D eigenvalue weighted by atomic mass is 10.1. The first-order valence-electron chi connectivity index (χ1n) is 8.26. The minimum atomic E-state index is -4.32. The zero-order valence-corrected chi connectivity index (χ0v) is 16.5. The minimum Gasteiger partial charge on any atom is -0.393 e. The predicted molar refractivity (Wildman–Crippen MR) is 103 cm³/mol. The van der Waals surface area contributed by atoms with Crippen molar-refractivity contribution in [3.63, 3.8) is 0 Å². The van der Waals surface area contributed by atoms with Gasteiger partial charge in [-0.1, -0.05) is 18.6 Å². The summed E-state index contributed by atoms with van der Waals surface area (Å²) in [7, 11) is 0. The molecule has 0 aliphatic heterocycles. The molecule has 8 heteroatoms. The molecule has 0 radical (unpaired) electrons. The number of benzene rings is 1. The number of aliphatic hydroxyl groups excluding tert-OH is 1. The summed E-state index contributed by atoms with van der Waals surface area (Å²) in [6.07, 6.45) is -1.72. The molecular formula is C17H25F3IN3O. The Morgan fingerprint density at radius 2 is 1.88 bits per heavy atom. The molecule has 1 aromatic carbocycles. The summed E-state index contributed by atoms with van der Waals surface area (Å²) < 4.78 is 37.6. The fraction of sp³-hybridized carbons (Fsp3) is 0.588. The molecule has 0 bridgehead atoms. The first-order chi connectivity index (χ1) is 11.4. The second-order valence-corrected chi connectivity index (χ2v) is 6.03. The lowest BCUT2D eigenvalue weighted by Crippen LogP contribution is -2.41. The summed E-state index contributed by atoms with van der Waals surface area (Å²) in [6.45, 7) is 3.56. The average molecular weight is 471 g/mol. The lowest BCUT2D eigenvalue weighted by Gasteiger charge is -2.17. The number of nitrogens with zero attached hydrogens (tertiary/aromatic N) is 1. The summed E-state index contributed by atoms with van der Waals surface area (Å²) in [6, 6.07) is 5.02. The van der Waals surface area contributed by atoms with Gasteiger partial charge in [-0.2, -0.15) is 13.2 Å². The summed E-state index contributed by atoms with van der Waals surface area (Å²) in [5.74, 6) is 0.830. The highest BCUT2D eigenvalue weighted by Crippen LogP contribution is 2.29. The van der Waals surface area contributed by atoms with Crippen molar-refractivity contribution < 1.29 is 18.3 Å². The second kappa shape index (κ2) is 10.2. The Hall–Kier alpha value is -1.03. The maximum absolute atomic E-state index is 12.5. The van der Waals surface area contributed by atoms with Gasteiger partial charge in [0.25, 0.3) is 0 Å². The topological polar surface area (TPSA) is 56.7 Å². The van der Waals surface area contributed by atoms with E-state index in [0.717, 1.165) is 31.4 Å². The number of hydrogen-bond acceptors (Lipinski definition) is 2. The maximum Gasteiger partial charge on any atom is 0.416 e. The van der Waals surface area contributed by atoms with Gasteiger partial charge in [0, 0.05) is 19.0 Å². The van der Waals surface area contributed by atoms with Crippen molar-refractivity contribution in [1.29, 1.82) is 0 Å². The Labute approximate surface area is 163 Å². The molecule has 0 amide bonds. The molecule has 142 valence electrons. The van der Waals surface area contributed by atoms with Gasteiger partial charge in [0.1, 0.15) is 0 Å². The van der Waals surface area contributed by atoms with Crippen molar-refractivity contribution in [2.45, 2.75) is 45.0 Å². The van der Waals surface area contributed by atoms with Crippen LogP contribution >= 0.6 is 24.0 Å². The van der Waals surface area contributed by atoms with Gasteiger partial charge in [0.05, 0.1) is 18.2 Å². The van der Waals surface area contributed by atoms with Crippen molar-refractivity contribution in [2.24, 2.45) is 10.9 Å². The first-order valence-corrected chi connectivity index (χ1v) is 8.26. The van der Waals surface area contributed by atoms with E-state index in [4.69, 9.17) is 0 Å². The number of hydrogen-bond donors (Lipinski definition) is 3. The predicted octanol–water partition coefficient (Wildman–Crippen LogP) is 3.54. The standard InChI is InChI=1S/C17H24F3N3O.HI/c1-2-21-16(23-11-13-4-3-5-15(13)24)22-10-12-6-8-14(9-7-12)17(18,19)20;/h6-9,13,15,24H,2-5,10-11H2,1H3,(H2,21,22,23);1H. The number of aliphatic imine (C=N–C) groups is 1. The molecule has 1 aliphatic carbocycles. The third-order valence-electron chi connectivity index (χ3n) is 4.20. The highest BCUT2D eigenvalue weighted by molar-refractivity contribution is 14.0. The Bertz CT molecular complexity index is 549. The van der Waals surface area contributed by atoms with Crippen molar-refractivity contribution in [2.75, 3.05) is 13.1 Å². The quantitative estimate of drug-likeness (QED) is 0.350. The number of aliphatic hydroxyl groups is 1. The van der Waals surface area contributed by atoms with Gasteiger partial charge in [-0.15, -0.1) is 24.0 Å². The molecule has 4 nitrogen and oxygen atoms in total. The first kappa shape index (κ1) is 22.0. The van der Waals surface area contributed by atoms with Gasteiger partial charge in [-0.25, -0.2) is 4.99 Å². The van der Waals surface area contributed by atoms with Gasteiger partial charge in [0.2, 0.25) is 0 Å². The van der Waals surface area contributed by atoms with E-state index in [-0.39, 0.29) is 36.0 Å². The van der Waals surface area contributed by atoms with E-state index in [9.17, 15) is 18.3 Å². The molecule has 0 saturated heterocycles. The summed E-state index contributed by atoms with van der Waals surface area (Å²) >= 11 is 0. The average Bonchev–Trinajstić information content (AvgIpc) is 2.95. The van der Waals surface area contributed by atoms with E-state index in [1.54, 1.807) is 0 Å². The molecule has 1 fully saturated rings. The maximum atomic E-state index is 12.5. The highest BCUT2D eigenvalue weighted by Gasteiger charge is 2.29. The van der Waals surface area contributed by atoms with E-state index >= 15 is 0 Å². The van der Waals surface area contributed by atoms with Gasteiger partial charge < -0.3 is 15.7 Å². The Balaban J connectivity index is 0.00000312. The molecule has 2 unspecified atom stereocenters. The fourth-order valence-corrected chi connectivity index (χ4v) is 2.79. The monoisotopic (exact) mass is 471 g/mol. The SMILES string of the molecule is CCNC(=NCc1ccc(C(F)(F)F)cc1)NCC1CCCC1O.I. The third-order valence-corrected chi connectivity index (χ3v) is 4.20. The minimum absolute atomic E-state index is 0. The Morgan fingerprint density at radius 1 is 1.20 bits per heavy atom. The van der Waals surface area contributed by atoms with E-state index < -0.39 is 11.7 Å². The molecule has 0 heterocycles. The van der Waals surface area contributed by atoms with Crippen LogP contribution in [0.2, 0.25) is 0 Å². The van der Waals surface area contributed by atoms with Crippen LogP contribution in [-0.4, -0.2) is 30.3 Å². The van der Waals surface area contributed by atoms with Gasteiger partial charge >= 0.3 is 6.18 Å². The number of nitrogens with one attached hydrogen (secondary N) is 2. The van der Waals surface area contributed by atoms with Gasteiger partial charge in [0.15, 0.2) is 5.96 Å². The van der Waals surface area contributed by atoms with Crippen LogP contribution < -0.4 is 10.6 Å². The fourth-order valence-electron chi connectivity index (χ4n) is 2.79. The number of guanidine groups is 1. The zero-order chi connectivity index (χ0) is 17.6. The van der Waals surface area contributed by atoms with Crippen LogP contribution in [0.1, 0.15) is 37.3 Å². The van der Waals surface area contributed by atoms with Crippen molar-refractivity contribution in [3.05, 3.63) is 35.4 Å². The van der Waals surface area contributed by atoms with Crippen LogP contribution in [0, 0.1) is 5.92 Å². The molecule has 2 rings (SSSR count). The van der Waals surface area contributed by atoms with Crippen molar-refractivity contribution >= 4 is 29.9 Å². The zero-order valence-electron chi connectivity index (χ0n) is 14.1. The summed E-state index contributed by atoms with van der Waals surface area (Å²) in [5.41, 5.74) is 0.0524. The molecule has 25 heavy (non-hydrogen) atoms. The van der Waals surface area contributed by atoms with Crippen molar-refractivity contribution in [1.82, 2.24) is 10.6 Å². The highest BCUT2D eigenvalue weighted by atomic mass is 127. The number of halogens is 4. The van der Waals surface area contributed by atoms with Crippen LogP contribution in [0.15, 0.2) is 29.3 Å². The van der Waals surface area contributed by atoms with E-state index in [1.807, 2.05) is 6.92 Å². The van der Waals surface area contributed by atoms with Crippen LogP contribution in [0.3, 0.4) is 0 Å². The molecule has 1 aliphatic rings. The smallest absolute Gasteiger partial charge is 0.393 e. The van der Waals surface area contributed by atoms with Gasteiger partial charge in [-0.05, 0) is 37.5 Å². The number of rotatable bonds is 5. The Morgan fingerprint density at radius 3 is 2.40 bits per heavy atom. The van der Waals surface area contributed by atoms with Crippen LogP contribution in [-0.2, 0) is 12.7 Å². The molecule has 3 N–H and O–H groups in total. The van der Waals surface area contributed by atoms with Gasteiger partial charge in [-0.3, -0.25) is 0 Å². The third kappa shape index (κ3) is 7.01. The van der Waals surface area contributed by atoms with Crippen LogP contribution in [0.25, 0.3) is 0 Å². The Kier molecular flexibility index (Phi) is 8.98. The molecular weight excluding hydrogens is 446 g/mol.